The average molecular weight is 322 g/mol. The number of rotatable bonds is 6. The molecule has 0 bridgehead atoms. The van der Waals surface area contributed by atoms with Crippen LogP contribution < -0.4 is 5.32 Å². The zero-order valence-electron chi connectivity index (χ0n) is 12.7. The van der Waals surface area contributed by atoms with Gasteiger partial charge in [-0.1, -0.05) is 60.7 Å². The van der Waals surface area contributed by atoms with Gasteiger partial charge >= 0.3 is 0 Å². The van der Waals surface area contributed by atoms with Gasteiger partial charge in [-0.25, -0.2) is 4.98 Å². The molecule has 2 aromatic carbocycles. The summed E-state index contributed by atoms with van der Waals surface area (Å²) in [5.41, 5.74) is 3.15. The molecule has 0 spiro atoms. The summed E-state index contributed by atoms with van der Waals surface area (Å²) in [4.78, 5) is 16.5. The maximum absolute atomic E-state index is 12.0. The minimum absolute atomic E-state index is 0.0193. The third-order valence-electron chi connectivity index (χ3n) is 3.49. The number of nitrogens with zero attached hydrogens (tertiary/aromatic N) is 1. The van der Waals surface area contributed by atoms with Crippen LogP contribution in [0.1, 0.15) is 11.3 Å². The van der Waals surface area contributed by atoms with Crippen LogP contribution in [0.3, 0.4) is 0 Å². The second kappa shape index (κ2) is 7.70. The molecule has 3 nitrogen and oxygen atoms in total. The Hall–Kier alpha value is -2.46. The van der Waals surface area contributed by atoms with Gasteiger partial charge in [0.05, 0.1) is 12.1 Å². The molecule has 0 fully saturated rings. The molecule has 0 aliphatic heterocycles. The van der Waals surface area contributed by atoms with Crippen molar-refractivity contribution in [3.63, 3.8) is 0 Å². The molecule has 3 rings (SSSR count). The molecule has 1 amide bonds. The van der Waals surface area contributed by atoms with Crippen molar-refractivity contribution < 1.29 is 4.79 Å². The molecule has 4 heteroatoms. The van der Waals surface area contributed by atoms with Gasteiger partial charge in [-0.2, -0.15) is 0 Å². The summed E-state index contributed by atoms with van der Waals surface area (Å²) < 4.78 is 0. The molecule has 0 saturated carbocycles. The van der Waals surface area contributed by atoms with E-state index in [0.717, 1.165) is 22.7 Å². The number of carbonyl (C=O) groups excluding carboxylic acids is 1. The Bertz CT molecular complexity index is 753. The monoisotopic (exact) mass is 322 g/mol. The largest absolute Gasteiger partial charge is 0.355 e. The lowest BCUT2D eigenvalue weighted by Gasteiger charge is -2.04. The van der Waals surface area contributed by atoms with Crippen LogP contribution in [0.4, 0.5) is 0 Å². The van der Waals surface area contributed by atoms with Crippen molar-refractivity contribution in [2.45, 2.75) is 12.8 Å². The number of nitrogens with one attached hydrogen (secondary N) is 1. The van der Waals surface area contributed by atoms with E-state index in [4.69, 9.17) is 0 Å². The molecule has 1 heterocycles. The van der Waals surface area contributed by atoms with E-state index in [1.54, 1.807) is 11.3 Å². The number of hydrogen-bond donors (Lipinski definition) is 1. The number of aromatic nitrogens is 1. The molecule has 0 atom stereocenters. The molecular weight excluding hydrogens is 304 g/mol. The molecule has 0 aliphatic rings. The Morgan fingerprint density at radius 1 is 1.00 bits per heavy atom. The van der Waals surface area contributed by atoms with E-state index in [1.165, 1.54) is 5.56 Å². The Balaban J connectivity index is 1.49. The summed E-state index contributed by atoms with van der Waals surface area (Å²) in [6.45, 7) is 0.651. The lowest BCUT2D eigenvalue weighted by molar-refractivity contribution is -0.120. The fraction of sp³-hybridized carbons (Fsp3) is 0.158. The summed E-state index contributed by atoms with van der Waals surface area (Å²) >= 11 is 1.57. The van der Waals surface area contributed by atoms with E-state index < -0.39 is 0 Å². The summed E-state index contributed by atoms with van der Waals surface area (Å²) in [7, 11) is 0. The Morgan fingerprint density at radius 3 is 2.43 bits per heavy atom. The highest BCUT2D eigenvalue weighted by atomic mass is 32.1. The van der Waals surface area contributed by atoms with E-state index in [9.17, 15) is 4.79 Å². The van der Waals surface area contributed by atoms with Gasteiger partial charge in [-0.05, 0) is 12.0 Å². The van der Waals surface area contributed by atoms with E-state index in [1.807, 2.05) is 53.9 Å². The first kappa shape index (κ1) is 15.4. The van der Waals surface area contributed by atoms with Gasteiger partial charge in [0.2, 0.25) is 5.91 Å². The van der Waals surface area contributed by atoms with Crippen LogP contribution in [0.15, 0.2) is 66.0 Å². The molecule has 0 radical (unpaired) electrons. The molecule has 116 valence electrons. The Kier molecular flexibility index (Phi) is 5.17. The van der Waals surface area contributed by atoms with Crippen LogP contribution in [0.2, 0.25) is 0 Å². The predicted molar refractivity (Wildman–Crippen MR) is 94.4 cm³/mol. The highest BCUT2D eigenvalue weighted by molar-refractivity contribution is 7.13. The highest BCUT2D eigenvalue weighted by Crippen LogP contribution is 2.23. The number of thiazole rings is 1. The van der Waals surface area contributed by atoms with Crippen LogP contribution in [0, 0.1) is 0 Å². The maximum Gasteiger partial charge on any atom is 0.226 e. The second-order valence-electron chi connectivity index (χ2n) is 5.27. The molecular formula is C19H18N2OS. The summed E-state index contributed by atoms with van der Waals surface area (Å²) in [5.74, 6) is 0.0193. The highest BCUT2D eigenvalue weighted by Gasteiger charge is 2.08. The summed E-state index contributed by atoms with van der Waals surface area (Å²) in [5, 5.41) is 5.87. The minimum Gasteiger partial charge on any atom is -0.355 e. The van der Waals surface area contributed by atoms with Crippen molar-refractivity contribution in [2.24, 2.45) is 0 Å². The number of carbonyl (C=O) groups is 1. The molecule has 1 N–H and O–H groups in total. The van der Waals surface area contributed by atoms with Crippen molar-refractivity contribution >= 4 is 17.2 Å². The summed E-state index contributed by atoms with van der Waals surface area (Å²) in [6.07, 6.45) is 1.18. The lowest BCUT2D eigenvalue weighted by atomic mass is 10.1. The molecule has 0 aliphatic carbocycles. The van der Waals surface area contributed by atoms with E-state index in [2.05, 4.69) is 22.4 Å². The first-order valence-electron chi connectivity index (χ1n) is 7.62. The third-order valence-corrected chi connectivity index (χ3v) is 4.43. The zero-order valence-corrected chi connectivity index (χ0v) is 13.6. The third kappa shape index (κ3) is 4.50. The van der Waals surface area contributed by atoms with Crippen LogP contribution in [-0.4, -0.2) is 17.4 Å². The van der Waals surface area contributed by atoms with E-state index in [-0.39, 0.29) is 5.91 Å². The molecule has 3 aromatic rings. The van der Waals surface area contributed by atoms with Crippen LogP contribution in [-0.2, 0) is 17.6 Å². The lowest BCUT2D eigenvalue weighted by Crippen LogP contribution is -2.27. The fourth-order valence-electron chi connectivity index (χ4n) is 2.32. The predicted octanol–water partition coefficient (Wildman–Crippen LogP) is 3.71. The van der Waals surface area contributed by atoms with Gasteiger partial charge in [-0.3, -0.25) is 4.79 Å². The average Bonchev–Trinajstić information content (AvgIpc) is 3.05. The van der Waals surface area contributed by atoms with Crippen molar-refractivity contribution in [3.8, 4) is 10.6 Å². The van der Waals surface area contributed by atoms with Gasteiger partial charge in [-0.15, -0.1) is 11.3 Å². The number of amides is 1. The normalized spacial score (nSPS) is 10.4. The Labute approximate surface area is 140 Å². The Morgan fingerprint density at radius 2 is 1.70 bits per heavy atom. The van der Waals surface area contributed by atoms with Crippen molar-refractivity contribution in [3.05, 3.63) is 77.3 Å². The standard InChI is InChI=1S/C19H18N2OS/c22-18(20-12-11-15-7-3-1-4-8-15)13-17-14-23-19(21-17)16-9-5-2-6-10-16/h1-10,14H,11-13H2,(H,20,22). The number of hydrogen-bond acceptors (Lipinski definition) is 3. The zero-order chi connectivity index (χ0) is 15.9. The quantitative estimate of drug-likeness (QED) is 0.751. The summed E-state index contributed by atoms with van der Waals surface area (Å²) in [6, 6.07) is 20.2. The second-order valence-corrected chi connectivity index (χ2v) is 6.13. The van der Waals surface area contributed by atoms with Crippen LogP contribution in [0.5, 0.6) is 0 Å². The maximum atomic E-state index is 12.0. The van der Waals surface area contributed by atoms with Crippen LogP contribution in [0.25, 0.3) is 10.6 Å². The molecule has 0 unspecified atom stereocenters. The first-order chi connectivity index (χ1) is 11.3. The molecule has 23 heavy (non-hydrogen) atoms. The first-order valence-corrected chi connectivity index (χ1v) is 8.50. The minimum atomic E-state index is 0.0193. The molecule has 1 aromatic heterocycles. The smallest absolute Gasteiger partial charge is 0.226 e. The van der Waals surface area contributed by atoms with Gasteiger partial charge in [0.15, 0.2) is 0 Å². The van der Waals surface area contributed by atoms with Gasteiger partial charge < -0.3 is 5.32 Å². The molecule has 0 saturated heterocycles. The van der Waals surface area contributed by atoms with Gasteiger partial charge in [0.25, 0.3) is 0 Å². The topological polar surface area (TPSA) is 42.0 Å². The SMILES string of the molecule is O=C(Cc1csc(-c2ccccc2)n1)NCCc1ccccc1. The van der Waals surface area contributed by atoms with Crippen molar-refractivity contribution in [1.82, 2.24) is 10.3 Å². The van der Waals surface area contributed by atoms with E-state index >= 15 is 0 Å². The van der Waals surface area contributed by atoms with Crippen molar-refractivity contribution in [1.29, 1.82) is 0 Å². The fourth-order valence-corrected chi connectivity index (χ4v) is 3.15. The van der Waals surface area contributed by atoms with Crippen LogP contribution >= 0.6 is 11.3 Å². The number of benzene rings is 2. The van der Waals surface area contributed by atoms with Crippen molar-refractivity contribution in [2.75, 3.05) is 6.54 Å². The van der Waals surface area contributed by atoms with E-state index in [0.29, 0.717) is 13.0 Å². The van der Waals surface area contributed by atoms with Gasteiger partial charge in [0, 0.05) is 17.5 Å². The van der Waals surface area contributed by atoms with Gasteiger partial charge in [0.1, 0.15) is 5.01 Å².